The van der Waals surface area contributed by atoms with Crippen molar-refractivity contribution in [2.24, 2.45) is 0 Å². The van der Waals surface area contributed by atoms with E-state index in [4.69, 9.17) is 11.6 Å². The Balaban J connectivity index is 1.62. The van der Waals surface area contributed by atoms with Gasteiger partial charge in [-0.1, -0.05) is 29.3 Å². The summed E-state index contributed by atoms with van der Waals surface area (Å²) in [5.74, 6) is -0.0382. The summed E-state index contributed by atoms with van der Waals surface area (Å²) < 4.78 is 2.46. The molecule has 8 nitrogen and oxygen atoms in total. The van der Waals surface area contributed by atoms with Crippen LogP contribution >= 0.6 is 11.6 Å². The molecule has 0 atom stereocenters. The van der Waals surface area contributed by atoms with Crippen LogP contribution in [0.2, 0.25) is 5.02 Å². The molecular weight excluding hydrogens is 404 g/mol. The van der Waals surface area contributed by atoms with E-state index in [0.717, 1.165) is 15.9 Å². The molecule has 4 aromatic rings. The van der Waals surface area contributed by atoms with Gasteiger partial charge >= 0.3 is 5.69 Å². The fraction of sp³-hybridized carbons (Fsp3) is 0.143. The highest BCUT2D eigenvalue weighted by molar-refractivity contribution is 6.30. The zero-order chi connectivity index (χ0) is 21.3. The molecule has 0 aliphatic carbocycles. The van der Waals surface area contributed by atoms with E-state index in [1.54, 1.807) is 30.3 Å². The lowest BCUT2D eigenvalue weighted by atomic mass is 10.2. The number of amides is 1. The molecule has 0 fully saturated rings. The number of nitrogens with one attached hydrogen (secondary N) is 2. The SMILES string of the molecule is Cc1ccc(Nc2nc(C)cc3nn(CC(=O)Nc4ccc(Cl)cc4)c(=O)n23)cc1. The van der Waals surface area contributed by atoms with E-state index >= 15 is 0 Å². The zero-order valence-corrected chi connectivity index (χ0v) is 17.1. The maximum atomic E-state index is 12.9. The average molecular weight is 423 g/mol. The van der Waals surface area contributed by atoms with Crippen LogP contribution in [0.1, 0.15) is 11.3 Å². The lowest BCUT2D eigenvalue weighted by Crippen LogP contribution is -2.29. The highest BCUT2D eigenvalue weighted by atomic mass is 35.5. The van der Waals surface area contributed by atoms with E-state index in [0.29, 0.717) is 28.0 Å². The Morgan fingerprint density at radius 3 is 2.40 bits per heavy atom. The van der Waals surface area contributed by atoms with Crippen LogP contribution in [-0.2, 0) is 11.3 Å². The van der Waals surface area contributed by atoms with Gasteiger partial charge in [0.25, 0.3) is 0 Å². The highest BCUT2D eigenvalue weighted by Gasteiger charge is 2.15. The van der Waals surface area contributed by atoms with Crippen LogP contribution < -0.4 is 16.3 Å². The number of anilines is 3. The van der Waals surface area contributed by atoms with Crippen molar-refractivity contribution < 1.29 is 4.79 Å². The van der Waals surface area contributed by atoms with Crippen molar-refractivity contribution in [3.63, 3.8) is 0 Å². The summed E-state index contributed by atoms with van der Waals surface area (Å²) in [5, 5.41) is 10.7. The van der Waals surface area contributed by atoms with Crippen molar-refractivity contribution in [1.29, 1.82) is 0 Å². The summed E-state index contributed by atoms with van der Waals surface area (Å²) in [4.78, 5) is 29.7. The Labute approximate surface area is 177 Å². The number of aromatic nitrogens is 4. The number of hydrogen-bond acceptors (Lipinski definition) is 5. The highest BCUT2D eigenvalue weighted by Crippen LogP contribution is 2.17. The molecule has 0 aliphatic heterocycles. The van der Waals surface area contributed by atoms with E-state index in [-0.39, 0.29) is 12.5 Å². The zero-order valence-electron chi connectivity index (χ0n) is 16.4. The quantitative estimate of drug-likeness (QED) is 0.513. The predicted octanol–water partition coefficient (Wildman–Crippen LogP) is 3.54. The molecule has 9 heteroatoms. The van der Waals surface area contributed by atoms with Crippen molar-refractivity contribution in [2.45, 2.75) is 20.4 Å². The molecule has 0 spiro atoms. The Morgan fingerprint density at radius 2 is 1.70 bits per heavy atom. The monoisotopic (exact) mass is 422 g/mol. The number of halogens is 1. The van der Waals surface area contributed by atoms with Gasteiger partial charge in [0.15, 0.2) is 5.65 Å². The first-order chi connectivity index (χ1) is 14.4. The number of hydrogen-bond donors (Lipinski definition) is 2. The van der Waals surface area contributed by atoms with Gasteiger partial charge in [-0.05, 0) is 50.2 Å². The lowest BCUT2D eigenvalue weighted by molar-refractivity contribution is -0.117. The molecule has 2 heterocycles. The van der Waals surface area contributed by atoms with E-state index in [1.165, 1.54) is 4.40 Å². The van der Waals surface area contributed by atoms with Gasteiger partial charge in [-0.3, -0.25) is 4.79 Å². The third kappa shape index (κ3) is 4.18. The van der Waals surface area contributed by atoms with Crippen molar-refractivity contribution in [2.75, 3.05) is 10.6 Å². The summed E-state index contributed by atoms with van der Waals surface area (Å²) in [5.41, 5.74) is 3.14. The van der Waals surface area contributed by atoms with Gasteiger partial charge in [0.05, 0.1) is 0 Å². The fourth-order valence-electron chi connectivity index (χ4n) is 2.98. The van der Waals surface area contributed by atoms with Crippen molar-refractivity contribution in [3.05, 3.63) is 81.4 Å². The van der Waals surface area contributed by atoms with Crippen molar-refractivity contribution >= 4 is 40.5 Å². The molecule has 0 saturated carbocycles. The Bertz CT molecular complexity index is 1280. The standard InChI is InChI=1S/C21H19ClN6O2/c1-13-3-7-17(8-4-13)25-20-23-14(2)11-18-26-27(21(30)28(18)20)12-19(29)24-16-9-5-15(22)6-10-16/h3-11H,12H2,1-2H3,(H,23,25)(H,24,29). The number of benzene rings is 2. The molecular formula is C21H19ClN6O2. The summed E-state index contributed by atoms with van der Waals surface area (Å²) in [6, 6.07) is 16.1. The van der Waals surface area contributed by atoms with Crippen LogP contribution in [0.3, 0.4) is 0 Å². The predicted molar refractivity (Wildman–Crippen MR) is 117 cm³/mol. The molecule has 0 aliphatic rings. The van der Waals surface area contributed by atoms with Gasteiger partial charge in [0.2, 0.25) is 11.9 Å². The number of fused-ring (bicyclic) bond motifs is 1. The van der Waals surface area contributed by atoms with Crippen LogP contribution in [0, 0.1) is 13.8 Å². The number of aryl methyl sites for hydroxylation is 2. The second-order valence-electron chi connectivity index (χ2n) is 6.90. The van der Waals surface area contributed by atoms with E-state index < -0.39 is 5.69 Å². The molecule has 4 rings (SSSR count). The van der Waals surface area contributed by atoms with Gasteiger partial charge < -0.3 is 10.6 Å². The lowest BCUT2D eigenvalue weighted by Gasteiger charge is -2.08. The summed E-state index contributed by atoms with van der Waals surface area (Å²) in [7, 11) is 0. The maximum Gasteiger partial charge on any atom is 0.353 e. The number of carbonyl (C=O) groups is 1. The van der Waals surface area contributed by atoms with E-state index in [2.05, 4.69) is 20.7 Å². The Morgan fingerprint density at radius 1 is 1.03 bits per heavy atom. The van der Waals surface area contributed by atoms with Gasteiger partial charge in [-0.2, -0.15) is 0 Å². The first-order valence-electron chi connectivity index (χ1n) is 9.25. The molecule has 0 bridgehead atoms. The number of nitrogens with zero attached hydrogens (tertiary/aromatic N) is 4. The normalized spacial score (nSPS) is 10.9. The van der Waals surface area contributed by atoms with E-state index in [9.17, 15) is 9.59 Å². The van der Waals surface area contributed by atoms with Gasteiger partial charge in [0, 0.05) is 28.2 Å². The molecule has 2 N–H and O–H groups in total. The minimum absolute atomic E-state index is 0.230. The molecule has 1 amide bonds. The number of rotatable bonds is 5. The van der Waals surface area contributed by atoms with Crippen LogP contribution in [0.15, 0.2) is 59.4 Å². The molecule has 30 heavy (non-hydrogen) atoms. The van der Waals surface area contributed by atoms with E-state index in [1.807, 2.05) is 38.1 Å². The molecule has 152 valence electrons. The molecule has 0 radical (unpaired) electrons. The Hall–Kier alpha value is -3.65. The van der Waals surface area contributed by atoms with Gasteiger partial charge in [-0.15, -0.1) is 5.10 Å². The third-order valence-corrected chi connectivity index (χ3v) is 4.68. The fourth-order valence-corrected chi connectivity index (χ4v) is 3.10. The topological polar surface area (TPSA) is 93.3 Å². The first kappa shape index (κ1) is 19.7. The van der Waals surface area contributed by atoms with Crippen LogP contribution in [0.5, 0.6) is 0 Å². The second-order valence-corrected chi connectivity index (χ2v) is 7.34. The van der Waals surface area contributed by atoms with Gasteiger partial charge in [-0.25, -0.2) is 18.9 Å². The molecule has 0 saturated heterocycles. The summed E-state index contributed by atoms with van der Waals surface area (Å²) >= 11 is 5.85. The maximum absolute atomic E-state index is 12.9. The van der Waals surface area contributed by atoms with Crippen LogP contribution in [0.25, 0.3) is 5.65 Å². The van der Waals surface area contributed by atoms with Crippen LogP contribution in [-0.4, -0.2) is 25.1 Å². The smallest absolute Gasteiger partial charge is 0.325 e. The number of carbonyl (C=O) groups excluding carboxylic acids is 1. The van der Waals surface area contributed by atoms with Crippen molar-refractivity contribution in [1.82, 2.24) is 19.2 Å². The molecule has 2 aromatic carbocycles. The largest absolute Gasteiger partial charge is 0.353 e. The average Bonchev–Trinajstić information content (AvgIpc) is 3.00. The van der Waals surface area contributed by atoms with Crippen LogP contribution in [0.4, 0.5) is 17.3 Å². The van der Waals surface area contributed by atoms with Gasteiger partial charge in [0.1, 0.15) is 6.54 Å². The minimum atomic E-state index is -0.460. The summed E-state index contributed by atoms with van der Waals surface area (Å²) in [6.07, 6.45) is 0. The van der Waals surface area contributed by atoms with Crippen molar-refractivity contribution in [3.8, 4) is 0 Å². The molecule has 0 unspecified atom stereocenters. The first-order valence-corrected chi connectivity index (χ1v) is 9.63. The Kier molecular flexibility index (Phi) is 5.24. The second kappa shape index (κ2) is 8.00. The minimum Gasteiger partial charge on any atom is -0.325 e. The summed E-state index contributed by atoms with van der Waals surface area (Å²) in [6.45, 7) is 3.58. The third-order valence-electron chi connectivity index (χ3n) is 4.43. The molecule has 2 aromatic heterocycles.